The van der Waals surface area contributed by atoms with Crippen LogP contribution in [0.4, 0.5) is 4.79 Å². The Kier molecular flexibility index (Phi) is 9.30. The Labute approximate surface area is 172 Å². The predicted molar refractivity (Wildman–Crippen MR) is 112 cm³/mol. The average Bonchev–Trinajstić information content (AvgIpc) is 2.51. The van der Waals surface area contributed by atoms with Crippen LogP contribution in [0.25, 0.3) is 0 Å². The predicted octanol–water partition coefficient (Wildman–Crippen LogP) is 3.91. The number of aliphatic hydroxyl groups excluding tert-OH is 1. The van der Waals surface area contributed by atoms with Gasteiger partial charge in [-0.15, -0.1) is 0 Å². The van der Waals surface area contributed by atoms with E-state index in [4.69, 9.17) is 9.47 Å². The summed E-state index contributed by atoms with van der Waals surface area (Å²) in [5.74, 6) is 0.647. The van der Waals surface area contributed by atoms with Gasteiger partial charge in [-0.25, -0.2) is 4.79 Å². The molecule has 158 valence electrons. The minimum Gasteiger partial charge on any atom is -0.460 e. The number of hydrogen-bond acceptors (Lipinski definition) is 6. The highest BCUT2D eigenvalue weighted by Crippen LogP contribution is 2.17. The molecule has 0 aromatic heterocycles. The zero-order chi connectivity index (χ0) is 21.4. The van der Waals surface area contributed by atoms with Gasteiger partial charge in [0.2, 0.25) is 0 Å². The molecule has 7 heteroatoms. The summed E-state index contributed by atoms with van der Waals surface area (Å²) in [6, 6.07) is 9.26. The minimum absolute atomic E-state index is 0.205. The number of benzene rings is 1. The van der Waals surface area contributed by atoms with Crippen LogP contribution in [0.1, 0.15) is 53.5 Å². The van der Waals surface area contributed by atoms with Crippen molar-refractivity contribution in [1.29, 1.82) is 0 Å². The number of nitrogens with one attached hydrogen (secondary N) is 1. The van der Waals surface area contributed by atoms with Crippen LogP contribution in [0.2, 0.25) is 0 Å². The molecule has 0 aliphatic carbocycles. The molecular formula is C21H33NO5S. The highest BCUT2D eigenvalue weighted by molar-refractivity contribution is 7.98. The molecule has 6 nitrogen and oxygen atoms in total. The van der Waals surface area contributed by atoms with Crippen LogP contribution in [0.15, 0.2) is 30.3 Å². The number of hydrogen-bond donors (Lipinski definition) is 2. The summed E-state index contributed by atoms with van der Waals surface area (Å²) in [5.41, 5.74) is -0.139. The molecule has 0 fully saturated rings. The van der Waals surface area contributed by atoms with Gasteiger partial charge in [0.15, 0.2) is 0 Å². The number of alkyl carbamates (subject to hydrolysis) is 1. The number of thioether (sulfide) groups is 1. The first-order chi connectivity index (χ1) is 12.9. The molecule has 28 heavy (non-hydrogen) atoms. The van der Waals surface area contributed by atoms with Crippen LogP contribution in [-0.2, 0) is 20.0 Å². The van der Waals surface area contributed by atoms with Gasteiger partial charge in [0.25, 0.3) is 0 Å². The fourth-order valence-corrected chi connectivity index (χ4v) is 3.39. The number of amides is 1. The van der Waals surface area contributed by atoms with Crippen LogP contribution in [0.3, 0.4) is 0 Å². The van der Waals surface area contributed by atoms with Gasteiger partial charge in [0, 0.05) is 11.5 Å². The molecule has 2 atom stereocenters. The summed E-state index contributed by atoms with van der Waals surface area (Å²) in [7, 11) is 0. The van der Waals surface area contributed by atoms with Gasteiger partial charge >= 0.3 is 12.1 Å². The van der Waals surface area contributed by atoms with Crippen molar-refractivity contribution >= 4 is 23.8 Å². The maximum absolute atomic E-state index is 12.2. The maximum Gasteiger partial charge on any atom is 0.407 e. The molecule has 2 N–H and O–H groups in total. The van der Waals surface area contributed by atoms with Gasteiger partial charge in [-0.3, -0.25) is 4.79 Å². The van der Waals surface area contributed by atoms with E-state index in [-0.39, 0.29) is 6.42 Å². The SMILES string of the molecule is CC(C)(C)OC(=O)C[C@@H](O)[C@H](CSCc1ccccc1)NC(=O)OC(C)(C)C. The number of carbonyl (C=O) groups is 2. The van der Waals surface area contributed by atoms with Crippen LogP contribution < -0.4 is 5.32 Å². The Hall–Kier alpha value is -1.73. The lowest BCUT2D eigenvalue weighted by molar-refractivity contribution is -0.157. The smallest absolute Gasteiger partial charge is 0.407 e. The van der Waals surface area contributed by atoms with Crippen LogP contribution >= 0.6 is 11.8 Å². The van der Waals surface area contributed by atoms with E-state index in [2.05, 4.69) is 5.32 Å². The molecule has 0 spiro atoms. The van der Waals surface area contributed by atoms with Crippen molar-refractivity contribution in [3.05, 3.63) is 35.9 Å². The standard InChI is InChI=1S/C21H33NO5S/c1-20(2,3)26-18(24)12-17(23)16(22-19(25)27-21(4,5)6)14-28-13-15-10-8-7-9-11-15/h7-11,16-17,23H,12-14H2,1-6H3,(H,22,25)/t16-,17+/m0/s1. The maximum atomic E-state index is 12.2. The van der Waals surface area contributed by atoms with Crippen LogP contribution in [0, 0.1) is 0 Å². The molecule has 0 saturated heterocycles. The minimum atomic E-state index is -1.08. The Morgan fingerprint density at radius 2 is 1.61 bits per heavy atom. The first kappa shape index (κ1) is 24.3. The molecular weight excluding hydrogens is 378 g/mol. The third-order valence-corrected chi connectivity index (χ3v) is 4.50. The van der Waals surface area contributed by atoms with E-state index in [9.17, 15) is 14.7 Å². The molecule has 0 bridgehead atoms. The van der Waals surface area contributed by atoms with Crippen molar-refractivity contribution in [2.45, 2.75) is 77.1 Å². The molecule has 0 heterocycles. The van der Waals surface area contributed by atoms with E-state index in [1.165, 1.54) is 0 Å². The highest BCUT2D eigenvalue weighted by atomic mass is 32.2. The third kappa shape index (κ3) is 11.2. The summed E-state index contributed by atoms with van der Waals surface area (Å²) in [4.78, 5) is 24.2. The van der Waals surface area contributed by atoms with Crippen molar-refractivity contribution in [3.8, 4) is 0 Å². The Balaban J connectivity index is 2.69. The quantitative estimate of drug-likeness (QED) is 0.631. The molecule has 0 radical (unpaired) electrons. The average molecular weight is 412 g/mol. The molecule has 1 aromatic rings. The zero-order valence-corrected chi connectivity index (χ0v) is 18.5. The van der Waals surface area contributed by atoms with Crippen molar-refractivity contribution in [1.82, 2.24) is 5.32 Å². The lowest BCUT2D eigenvalue weighted by Crippen LogP contribution is -2.48. The zero-order valence-electron chi connectivity index (χ0n) is 17.7. The van der Waals surface area contributed by atoms with E-state index in [1.54, 1.807) is 53.3 Å². The first-order valence-electron chi connectivity index (χ1n) is 9.37. The normalized spacial score (nSPS) is 14.1. The van der Waals surface area contributed by atoms with Gasteiger partial charge in [-0.2, -0.15) is 11.8 Å². The third-order valence-electron chi connectivity index (χ3n) is 3.37. The molecule has 1 aromatic carbocycles. The lowest BCUT2D eigenvalue weighted by atomic mass is 10.1. The summed E-state index contributed by atoms with van der Waals surface area (Å²) in [6.07, 6.45) is -1.91. The van der Waals surface area contributed by atoms with Crippen molar-refractivity contribution < 1.29 is 24.2 Å². The second-order valence-corrected chi connectivity index (χ2v) is 9.64. The Morgan fingerprint density at radius 3 is 2.14 bits per heavy atom. The van der Waals surface area contributed by atoms with E-state index >= 15 is 0 Å². The molecule has 1 rings (SSSR count). The summed E-state index contributed by atoms with van der Waals surface area (Å²) in [5, 5.41) is 13.2. The van der Waals surface area contributed by atoms with E-state index in [0.717, 1.165) is 11.3 Å². The number of aliphatic hydroxyl groups is 1. The summed E-state index contributed by atoms with van der Waals surface area (Å²) >= 11 is 1.56. The van der Waals surface area contributed by atoms with Gasteiger partial charge in [-0.05, 0) is 47.1 Å². The first-order valence-corrected chi connectivity index (χ1v) is 10.5. The molecule has 0 aliphatic heterocycles. The fraction of sp³-hybridized carbons (Fsp3) is 0.619. The molecule has 0 unspecified atom stereocenters. The Bertz CT molecular complexity index is 622. The molecule has 0 saturated carbocycles. The van der Waals surface area contributed by atoms with Gasteiger partial charge in [0.05, 0.1) is 18.6 Å². The summed E-state index contributed by atoms with van der Waals surface area (Å²) < 4.78 is 10.6. The van der Waals surface area contributed by atoms with E-state index < -0.39 is 35.4 Å². The van der Waals surface area contributed by atoms with Crippen molar-refractivity contribution in [2.24, 2.45) is 0 Å². The number of carbonyl (C=O) groups excluding carboxylic acids is 2. The van der Waals surface area contributed by atoms with Crippen LogP contribution in [-0.4, -0.2) is 46.3 Å². The fourth-order valence-electron chi connectivity index (χ4n) is 2.28. The number of rotatable bonds is 8. The topological polar surface area (TPSA) is 84.9 Å². The highest BCUT2D eigenvalue weighted by Gasteiger charge is 2.28. The van der Waals surface area contributed by atoms with Gasteiger partial charge in [0.1, 0.15) is 11.2 Å². The van der Waals surface area contributed by atoms with E-state index in [0.29, 0.717) is 5.75 Å². The van der Waals surface area contributed by atoms with Crippen LogP contribution in [0.5, 0.6) is 0 Å². The van der Waals surface area contributed by atoms with E-state index in [1.807, 2.05) is 30.3 Å². The second-order valence-electron chi connectivity index (χ2n) is 8.61. The monoisotopic (exact) mass is 411 g/mol. The van der Waals surface area contributed by atoms with Crippen molar-refractivity contribution in [3.63, 3.8) is 0 Å². The largest absolute Gasteiger partial charge is 0.460 e. The Morgan fingerprint density at radius 1 is 1.04 bits per heavy atom. The molecule has 0 aliphatic rings. The lowest BCUT2D eigenvalue weighted by Gasteiger charge is -2.27. The number of ether oxygens (including phenoxy) is 2. The summed E-state index contributed by atoms with van der Waals surface area (Å²) in [6.45, 7) is 10.6. The van der Waals surface area contributed by atoms with Gasteiger partial charge in [-0.1, -0.05) is 30.3 Å². The van der Waals surface area contributed by atoms with Crippen molar-refractivity contribution in [2.75, 3.05) is 5.75 Å². The molecule has 1 amide bonds. The second kappa shape index (κ2) is 10.7. The number of esters is 1. The van der Waals surface area contributed by atoms with Gasteiger partial charge < -0.3 is 19.9 Å².